The second-order valence-corrected chi connectivity index (χ2v) is 10.7. The Labute approximate surface area is 229 Å². The second kappa shape index (κ2) is 10.4. The van der Waals surface area contributed by atoms with Gasteiger partial charge in [-0.3, -0.25) is 0 Å². The zero-order chi connectivity index (χ0) is 27.0. The lowest BCUT2D eigenvalue weighted by molar-refractivity contribution is -0.171. The number of hydrogen-bond acceptors (Lipinski definition) is 6. The van der Waals surface area contributed by atoms with Gasteiger partial charge in [0.05, 0.1) is 7.11 Å². The summed E-state index contributed by atoms with van der Waals surface area (Å²) < 4.78 is 17.4. The quantitative estimate of drug-likeness (QED) is 0.357. The molecule has 6 heteroatoms. The zero-order valence-corrected chi connectivity index (χ0v) is 22.3. The Hall–Kier alpha value is -3.79. The Bertz CT molecular complexity index is 1380. The van der Waals surface area contributed by atoms with Crippen molar-refractivity contribution in [1.29, 1.82) is 0 Å². The Balaban J connectivity index is 1.13. The number of rotatable bonds is 6. The first-order valence-electron chi connectivity index (χ1n) is 13.6. The van der Waals surface area contributed by atoms with E-state index in [2.05, 4.69) is 23.8 Å². The number of aliphatic hydroxyl groups is 1. The minimum absolute atomic E-state index is 0.222. The minimum Gasteiger partial charge on any atom is -0.497 e. The van der Waals surface area contributed by atoms with E-state index in [0.29, 0.717) is 34.6 Å². The molecular weight excluding hydrogens is 490 g/mol. The van der Waals surface area contributed by atoms with Crippen LogP contribution in [-0.2, 0) is 15.1 Å². The number of ether oxygens (including phenoxy) is 3. The van der Waals surface area contributed by atoms with E-state index in [1.165, 1.54) is 0 Å². The van der Waals surface area contributed by atoms with Crippen molar-refractivity contribution in [3.63, 3.8) is 0 Å². The molecule has 0 aromatic heterocycles. The van der Waals surface area contributed by atoms with Gasteiger partial charge >= 0.3 is 5.97 Å². The smallest absolute Gasteiger partial charge is 0.348 e. The van der Waals surface area contributed by atoms with Crippen LogP contribution in [0.4, 0.5) is 0 Å². The number of benzene rings is 3. The van der Waals surface area contributed by atoms with Crippen LogP contribution in [0.2, 0.25) is 0 Å². The fourth-order valence-corrected chi connectivity index (χ4v) is 6.69. The van der Waals surface area contributed by atoms with Gasteiger partial charge in [-0.25, -0.2) is 4.79 Å². The molecule has 2 saturated carbocycles. The van der Waals surface area contributed by atoms with Crippen LogP contribution in [0.1, 0.15) is 42.4 Å². The molecule has 6 rings (SSSR count). The summed E-state index contributed by atoms with van der Waals surface area (Å²) in [4.78, 5) is 16.2. The number of nitrogens with zero attached hydrogens (tertiary/aromatic N) is 1. The topological polar surface area (TPSA) is 68.2 Å². The van der Waals surface area contributed by atoms with Crippen LogP contribution in [-0.4, -0.2) is 48.8 Å². The molecule has 0 saturated heterocycles. The third kappa shape index (κ3) is 4.56. The lowest BCUT2D eigenvalue weighted by atomic mass is 9.83. The summed E-state index contributed by atoms with van der Waals surface area (Å²) in [5.74, 6) is 8.37. The monoisotopic (exact) mass is 523 g/mol. The maximum atomic E-state index is 13.8. The molecule has 4 unspecified atom stereocenters. The average molecular weight is 524 g/mol. The van der Waals surface area contributed by atoms with Crippen molar-refractivity contribution in [2.75, 3.05) is 20.7 Å². The normalized spacial score (nSPS) is 23.7. The molecule has 1 N–H and O–H groups in total. The number of carbonyl (C=O) groups excluding carboxylic acids is 1. The summed E-state index contributed by atoms with van der Waals surface area (Å²) in [5.41, 5.74) is -0.103. The van der Waals surface area contributed by atoms with Crippen LogP contribution in [0.3, 0.4) is 0 Å². The second-order valence-electron chi connectivity index (χ2n) is 10.7. The van der Waals surface area contributed by atoms with Crippen molar-refractivity contribution in [3.05, 3.63) is 89.5 Å². The molecule has 0 amide bonds. The maximum Gasteiger partial charge on any atom is 0.348 e. The molecule has 3 aromatic carbocycles. The van der Waals surface area contributed by atoms with E-state index in [9.17, 15) is 9.90 Å². The Morgan fingerprint density at radius 3 is 2.36 bits per heavy atom. The Morgan fingerprint density at radius 1 is 1.03 bits per heavy atom. The van der Waals surface area contributed by atoms with Crippen molar-refractivity contribution < 1.29 is 24.1 Å². The first-order valence-corrected chi connectivity index (χ1v) is 13.6. The average Bonchev–Trinajstić information content (AvgIpc) is 3.54. The van der Waals surface area contributed by atoms with Gasteiger partial charge in [-0.2, -0.15) is 0 Å². The van der Waals surface area contributed by atoms with Crippen molar-refractivity contribution in [1.82, 2.24) is 4.90 Å². The minimum atomic E-state index is -1.91. The fourth-order valence-electron chi connectivity index (χ4n) is 6.69. The molecule has 200 valence electrons. The molecule has 0 spiro atoms. The molecular formula is C33H33NO5. The third-order valence-corrected chi connectivity index (χ3v) is 8.55. The lowest BCUT2D eigenvalue weighted by Crippen LogP contribution is -2.44. The van der Waals surface area contributed by atoms with Gasteiger partial charge in [-0.1, -0.05) is 48.2 Å². The Kier molecular flexibility index (Phi) is 6.80. The van der Waals surface area contributed by atoms with Crippen LogP contribution in [0.15, 0.2) is 72.8 Å². The molecule has 3 aromatic rings. The molecule has 2 bridgehead atoms. The number of hydrogen-bond donors (Lipinski definition) is 1. The van der Waals surface area contributed by atoms with Crippen molar-refractivity contribution in [2.45, 2.75) is 43.4 Å². The summed E-state index contributed by atoms with van der Waals surface area (Å²) in [6.07, 6.45) is 3.51. The number of esters is 1. The largest absolute Gasteiger partial charge is 0.497 e. The number of methoxy groups -OCH3 is 1. The summed E-state index contributed by atoms with van der Waals surface area (Å²) in [5, 5.41) is 11.9. The number of para-hydroxylation sites is 2. The standard InChI is InChI=1S/C33H33NO5/c1-34(20-8-7-9-22-14-17-24(37-2)18-15-22)31-23-16-19-25(31)30(21-23)39-32(35)33(36)26-10-3-5-12-28(26)38-29-13-6-4-11-27(29)33/h3-6,10-15,17-18,23,25,30-31,36H,8,16,19-21H2,1-2H3. The Morgan fingerprint density at radius 2 is 1.69 bits per heavy atom. The summed E-state index contributed by atoms with van der Waals surface area (Å²) in [6.45, 7) is 0.851. The van der Waals surface area contributed by atoms with E-state index in [1.807, 2.05) is 36.4 Å². The van der Waals surface area contributed by atoms with Crippen molar-refractivity contribution in [2.24, 2.45) is 11.8 Å². The third-order valence-electron chi connectivity index (χ3n) is 8.55. The predicted octanol–water partition coefficient (Wildman–Crippen LogP) is 5.12. The molecule has 2 fully saturated rings. The maximum absolute atomic E-state index is 13.8. The van der Waals surface area contributed by atoms with Gasteiger partial charge in [-0.15, -0.1) is 0 Å². The van der Waals surface area contributed by atoms with Gasteiger partial charge in [0, 0.05) is 41.6 Å². The number of fused-ring (bicyclic) bond motifs is 4. The van der Waals surface area contributed by atoms with Crippen LogP contribution in [0.5, 0.6) is 17.2 Å². The van der Waals surface area contributed by atoms with E-state index < -0.39 is 11.6 Å². The molecule has 4 atom stereocenters. The molecule has 1 aliphatic heterocycles. The molecule has 6 nitrogen and oxygen atoms in total. The predicted molar refractivity (Wildman–Crippen MR) is 148 cm³/mol. The van der Waals surface area contributed by atoms with E-state index >= 15 is 0 Å². The van der Waals surface area contributed by atoms with E-state index in [1.54, 1.807) is 43.5 Å². The highest BCUT2D eigenvalue weighted by molar-refractivity contribution is 5.88. The summed E-state index contributed by atoms with van der Waals surface area (Å²) >= 11 is 0. The fraction of sp³-hybridized carbons (Fsp3) is 0.364. The molecule has 1 heterocycles. The molecule has 2 aliphatic carbocycles. The summed E-state index contributed by atoms with van der Waals surface area (Å²) in [7, 11) is 3.80. The molecule has 39 heavy (non-hydrogen) atoms. The lowest BCUT2D eigenvalue weighted by Gasteiger charge is -2.35. The van der Waals surface area contributed by atoms with Gasteiger partial charge in [0.15, 0.2) is 0 Å². The first kappa shape index (κ1) is 25.5. The van der Waals surface area contributed by atoms with Crippen LogP contribution in [0.25, 0.3) is 0 Å². The van der Waals surface area contributed by atoms with Crippen molar-refractivity contribution in [3.8, 4) is 29.1 Å². The first-order chi connectivity index (χ1) is 19.0. The van der Waals surface area contributed by atoms with E-state index in [-0.39, 0.29) is 12.0 Å². The molecule has 0 radical (unpaired) electrons. The number of carbonyl (C=O) groups is 1. The van der Waals surface area contributed by atoms with E-state index in [4.69, 9.17) is 14.2 Å². The van der Waals surface area contributed by atoms with Crippen LogP contribution < -0.4 is 9.47 Å². The van der Waals surface area contributed by atoms with Crippen molar-refractivity contribution >= 4 is 5.97 Å². The summed E-state index contributed by atoms with van der Waals surface area (Å²) in [6, 6.07) is 22.4. The highest BCUT2D eigenvalue weighted by Gasteiger charge is 2.54. The van der Waals surface area contributed by atoms with Gasteiger partial charge in [0.1, 0.15) is 23.4 Å². The van der Waals surface area contributed by atoms with Gasteiger partial charge < -0.3 is 24.2 Å². The van der Waals surface area contributed by atoms with Crippen LogP contribution >= 0.6 is 0 Å². The highest BCUT2D eigenvalue weighted by Crippen LogP contribution is 2.51. The highest BCUT2D eigenvalue weighted by atomic mass is 16.6. The van der Waals surface area contributed by atoms with E-state index in [0.717, 1.165) is 43.5 Å². The SMILES string of the molecule is COc1ccc(C#CCCN(C)C2C3CCC2C(OC(=O)C2(O)c4ccccc4Oc4ccccc42)C3)cc1. The molecule has 3 aliphatic rings. The van der Waals surface area contributed by atoms with Gasteiger partial charge in [-0.05, 0) is 68.6 Å². The van der Waals surface area contributed by atoms with Crippen LogP contribution in [0, 0.1) is 23.7 Å². The van der Waals surface area contributed by atoms with Gasteiger partial charge in [0.2, 0.25) is 5.60 Å². The zero-order valence-electron chi connectivity index (χ0n) is 22.3. The van der Waals surface area contributed by atoms with Gasteiger partial charge in [0.25, 0.3) is 0 Å².